The predicted octanol–water partition coefficient (Wildman–Crippen LogP) is 1.30. The zero-order chi connectivity index (χ0) is 8.39. The molecule has 0 saturated carbocycles. The highest BCUT2D eigenvalue weighted by molar-refractivity contribution is 7.09. The average Bonchev–Trinajstić information content (AvgIpc) is 2.63. The van der Waals surface area contributed by atoms with Gasteiger partial charge in [0.15, 0.2) is 0 Å². The molecule has 0 aliphatic rings. The van der Waals surface area contributed by atoms with Crippen LogP contribution in [0.15, 0.2) is 21.9 Å². The third kappa shape index (κ3) is 1.45. The molecule has 0 unspecified atom stereocenters. The Morgan fingerprint density at radius 1 is 1.50 bits per heavy atom. The Morgan fingerprint density at radius 3 is 3.00 bits per heavy atom. The normalized spacial score (nSPS) is 10.3. The number of nitrogen functional groups attached to an aromatic ring is 1. The van der Waals surface area contributed by atoms with Crippen molar-refractivity contribution in [1.82, 2.24) is 10.2 Å². The summed E-state index contributed by atoms with van der Waals surface area (Å²) in [4.78, 5) is 1.19. The zero-order valence-corrected chi connectivity index (χ0v) is 7.04. The summed E-state index contributed by atoms with van der Waals surface area (Å²) in [7, 11) is 0. The van der Waals surface area contributed by atoms with E-state index in [1.807, 2.05) is 17.5 Å². The lowest BCUT2D eigenvalue weighted by molar-refractivity contribution is 0.524. The second-order valence-corrected chi connectivity index (χ2v) is 3.32. The lowest BCUT2D eigenvalue weighted by Crippen LogP contribution is -1.83. The maximum Gasteiger partial charge on any atom is 0.312 e. The summed E-state index contributed by atoms with van der Waals surface area (Å²) >= 11 is 1.66. The smallest absolute Gasteiger partial charge is 0.312 e. The van der Waals surface area contributed by atoms with Crippen LogP contribution in [0.5, 0.6) is 0 Å². The topological polar surface area (TPSA) is 64.9 Å². The molecule has 4 nitrogen and oxygen atoms in total. The van der Waals surface area contributed by atoms with Crippen LogP contribution in [0.1, 0.15) is 10.8 Å². The molecular weight excluding hydrogens is 174 g/mol. The number of hydrogen-bond acceptors (Lipinski definition) is 5. The molecular formula is C7H7N3OS. The van der Waals surface area contributed by atoms with E-state index in [4.69, 9.17) is 10.2 Å². The van der Waals surface area contributed by atoms with Gasteiger partial charge in [-0.1, -0.05) is 11.2 Å². The highest BCUT2D eigenvalue weighted by Gasteiger charge is 2.03. The number of anilines is 1. The van der Waals surface area contributed by atoms with Crippen molar-refractivity contribution >= 4 is 17.4 Å². The summed E-state index contributed by atoms with van der Waals surface area (Å²) in [5.41, 5.74) is 5.27. The van der Waals surface area contributed by atoms with E-state index in [2.05, 4.69) is 10.2 Å². The molecule has 0 bridgehead atoms. The Hall–Kier alpha value is -1.36. The minimum Gasteiger partial charge on any atom is -0.408 e. The Bertz CT molecular complexity index is 354. The number of rotatable bonds is 2. The number of hydrogen-bond donors (Lipinski definition) is 1. The van der Waals surface area contributed by atoms with Gasteiger partial charge < -0.3 is 10.2 Å². The molecule has 0 atom stereocenters. The lowest BCUT2D eigenvalue weighted by atomic mass is 10.3. The maximum atomic E-state index is 5.27. The van der Waals surface area contributed by atoms with E-state index < -0.39 is 0 Å². The van der Waals surface area contributed by atoms with Gasteiger partial charge in [0.25, 0.3) is 0 Å². The fourth-order valence-electron chi connectivity index (χ4n) is 0.900. The van der Waals surface area contributed by atoms with Crippen LogP contribution in [0.25, 0.3) is 0 Å². The highest BCUT2D eigenvalue weighted by Crippen LogP contribution is 2.13. The molecule has 2 heterocycles. The molecule has 0 spiro atoms. The predicted molar refractivity (Wildman–Crippen MR) is 45.8 cm³/mol. The standard InChI is InChI=1S/C7H7N3OS/c8-7-10-9-6(11-7)4-5-2-1-3-12-5/h1-3H,4H2,(H2,8,10). The van der Waals surface area contributed by atoms with Crippen LogP contribution in [-0.4, -0.2) is 10.2 Å². The van der Waals surface area contributed by atoms with Gasteiger partial charge in [-0.3, -0.25) is 0 Å². The molecule has 0 amide bonds. The summed E-state index contributed by atoms with van der Waals surface area (Å²) in [5.74, 6) is 0.565. The molecule has 12 heavy (non-hydrogen) atoms. The van der Waals surface area contributed by atoms with Crippen LogP contribution in [0.3, 0.4) is 0 Å². The van der Waals surface area contributed by atoms with Gasteiger partial charge in [-0.25, -0.2) is 0 Å². The summed E-state index contributed by atoms with van der Waals surface area (Å²) in [6, 6.07) is 4.13. The highest BCUT2D eigenvalue weighted by atomic mass is 32.1. The Morgan fingerprint density at radius 2 is 2.42 bits per heavy atom. The maximum absolute atomic E-state index is 5.27. The Labute approximate surface area is 73.0 Å². The van der Waals surface area contributed by atoms with Gasteiger partial charge in [-0.2, -0.15) is 0 Å². The summed E-state index contributed by atoms with van der Waals surface area (Å²) in [6.45, 7) is 0. The van der Waals surface area contributed by atoms with Gasteiger partial charge >= 0.3 is 6.01 Å². The van der Waals surface area contributed by atoms with Crippen LogP contribution in [0.2, 0.25) is 0 Å². The number of thiophene rings is 1. The summed E-state index contributed by atoms with van der Waals surface area (Å²) in [6.07, 6.45) is 0.669. The van der Waals surface area contributed by atoms with E-state index in [1.54, 1.807) is 11.3 Å². The van der Waals surface area contributed by atoms with Crippen LogP contribution in [0, 0.1) is 0 Å². The fourth-order valence-corrected chi connectivity index (χ4v) is 1.60. The van der Waals surface area contributed by atoms with Gasteiger partial charge in [0.05, 0.1) is 6.42 Å². The molecule has 2 rings (SSSR count). The number of aromatic nitrogens is 2. The number of nitrogens with zero attached hydrogens (tertiary/aromatic N) is 2. The molecule has 2 aromatic rings. The van der Waals surface area contributed by atoms with Gasteiger partial charge in [0.2, 0.25) is 5.89 Å². The van der Waals surface area contributed by atoms with E-state index in [1.165, 1.54) is 4.88 Å². The third-order valence-corrected chi connectivity index (χ3v) is 2.26. The van der Waals surface area contributed by atoms with E-state index in [-0.39, 0.29) is 6.01 Å². The van der Waals surface area contributed by atoms with Crippen molar-refractivity contribution < 1.29 is 4.42 Å². The van der Waals surface area contributed by atoms with Crippen molar-refractivity contribution in [3.8, 4) is 0 Å². The first-order valence-electron chi connectivity index (χ1n) is 3.45. The molecule has 0 fully saturated rings. The second kappa shape index (κ2) is 2.94. The minimum atomic E-state index is 0.126. The van der Waals surface area contributed by atoms with Crippen LogP contribution in [-0.2, 0) is 6.42 Å². The third-order valence-electron chi connectivity index (χ3n) is 1.39. The molecule has 0 aliphatic heterocycles. The van der Waals surface area contributed by atoms with Gasteiger partial charge in [-0.05, 0) is 11.4 Å². The number of nitrogens with two attached hydrogens (primary N) is 1. The van der Waals surface area contributed by atoms with Crippen molar-refractivity contribution in [1.29, 1.82) is 0 Å². The largest absolute Gasteiger partial charge is 0.408 e. The van der Waals surface area contributed by atoms with Gasteiger partial charge in [0, 0.05) is 4.88 Å². The Kier molecular flexibility index (Phi) is 1.79. The molecule has 5 heteroatoms. The first-order valence-corrected chi connectivity index (χ1v) is 4.33. The molecule has 62 valence electrons. The molecule has 2 N–H and O–H groups in total. The van der Waals surface area contributed by atoms with E-state index in [9.17, 15) is 0 Å². The van der Waals surface area contributed by atoms with E-state index in [0.29, 0.717) is 12.3 Å². The van der Waals surface area contributed by atoms with Gasteiger partial charge in [0.1, 0.15) is 0 Å². The average molecular weight is 181 g/mol. The minimum absolute atomic E-state index is 0.126. The molecule has 0 aliphatic carbocycles. The SMILES string of the molecule is Nc1nnc(Cc2cccs2)o1. The molecule has 0 saturated heterocycles. The van der Waals surface area contributed by atoms with Crippen molar-refractivity contribution in [3.63, 3.8) is 0 Å². The molecule has 0 aromatic carbocycles. The molecule has 0 radical (unpaired) electrons. The summed E-state index contributed by atoms with van der Waals surface area (Å²) < 4.78 is 5.02. The zero-order valence-electron chi connectivity index (χ0n) is 6.23. The molecule has 2 aromatic heterocycles. The van der Waals surface area contributed by atoms with Crippen LogP contribution in [0.4, 0.5) is 6.01 Å². The van der Waals surface area contributed by atoms with Gasteiger partial charge in [-0.15, -0.1) is 16.4 Å². The summed E-state index contributed by atoms with van der Waals surface area (Å²) in [5, 5.41) is 9.33. The van der Waals surface area contributed by atoms with Crippen LogP contribution < -0.4 is 5.73 Å². The Balaban J connectivity index is 2.14. The van der Waals surface area contributed by atoms with Crippen molar-refractivity contribution in [3.05, 3.63) is 28.3 Å². The fraction of sp³-hybridized carbons (Fsp3) is 0.143. The van der Waals surface area contributed by atoms with Crippen molar-refractivity contribution in [2.45, 2.75) is 6.42 Å². The lowest BCUT2D eigenvalue weighted by Gasteiger charge is -1.87. The first-order chi connectivity index (χ1) is 5.84. The quantitative estimate of drug-likeness (QED) is 0.758. The first kappa shape index (κ1) is 7.30. The van der Waals surface area contributed by atoms with Crippen molar-refractivity contribution in [2.24, 2.45) is 0 Å². The van der Waals surface area contributed by atoms with E-state index in [0.717, 1.165) is 0 Å². The van der Waals surface area contributed by atoms with Crippen molar-refractivity contribution in [2.75, 3.05) is 5.73 Å². The second-order valence-electron chi connectivity index (χ2n) is 2.29. The van der Waals surface area contributed by atoms with E-state index >= 15 is 0 Å². The monoisotopic (exact) mass is 181 g/mol. The van der Waals surface area contributed by atoms with Crippen LogP contribution >= 0.6 is 11.3 Å².